The predicted octanol–water partition coefficient (Wildman–Crippen LogP) is 2.13. The van der Waals surface area contributed by atoms with E-state index in [9.17, 15) is 4.79 Å². The Morgan fingerprint density at radius 1 is 1.40 bits per heavy atom. The minimum atomic E-state index is -0.935. The van der Waals surface area contributed by atoms with Crippen molar-refractivity contribution in [3.63, 3.8) is 0 Å². The second-order valence-corrected chi connectivity index (χ2v) is 3.86. The van der Waals surface area contributed by atoms with E-state index in [-0.39, 0.29) is 5.56 Å². The average Bonchev–Trinajstić information content (AvgIpc) is 2.71. The van der Waals surface area contributed by atoms with Crippen molar-refractivity contribution in [3.8, 4) is 0 Å². The van der Waals surface area contributed by atoms with E-state index in [2.05, 4.69) is 10.3 Å². The molecule has 0 aromatic carbocycles. The first-order valence-electron chi connectivity index (χ1n) is 5.21. The number of rotatable bonds is 3. The highest BCUT2D eigenvalue weighted by atomic mass is 16.4. The van der Waals surface area contributed by atoms with Crippen LogP contribution in [0.25, 0.3) is 0 Å². The molecule has 0 unspecified atom stereocenters. The third-order valence-electron chi connectivity index (χ3n) is 2.72. The Balaban J connectivity index is 2.00. The summed E-state index contributed by atoms with van der Waals surface area (Å²) in [7, 11) is 0. The van der Waals surface area contributed by atoms with Crippen molar-refractivity contribution < 1.29 is 9.90 Å². The lowest BCUT2D eigenvalue weighted by Crippen LogP contribution is -2.15. The fourth-order valence-corrected chi connectivity index (χ4v) is 1.89. The van der Waals surface area contributed by atoms with Crippen molar-refractivity contribution in [3.05, 3.63) is 23.9 Å². The molecule has 0 bridgehead atoms. The smallest absolute Gasteiger partial charge is 0.337 e. The summed E-state index contributed by atoms with van der Waals surface area (Å²) in [5, 5.41) is 12.0. The Hall–Kier alpha value is -1.58. The highest BCUT2D eigenvalue weighted by molar-refractivity contribution is 5.87. The van der Waals surface area contributed by atoms with Crippen LogP contribution in [0.15, 0.2) is 18.3 Å². The lowest BCUT2D eigenvalue weighted by molar-refractivity contribution is 0.0696. The number of carboxylic acid groups (broad SMARTS) is 1. The number of aromatic carboxylic acids is 1. The molecule has 1 saturated carbocycles. The van der Waals surface area contributed by atoms with Crippen molar-refractivity contribution in [2.75, 3.05) is 5.32 Å². The van der Waals surface area contributed by atoms with E-state index in [1.54, 1.807) is 12.1 Å². The molecule has 0 amide bonds. The van der Waals surface area contributed by atoms with Gasteiger partial charge in [-0.25, -0.2) is 9.78 Å². The van der Waals surface area contributed by atoms with Gasteiger partial charge in [0.25, 0.3) is 0 Å². The maximum absolute atomic E-state index is 10.6. The molecule has 1 aromatic heterocycles. The molecule has 0 atom stereocenters. The molecule has 80 valence electrons. The number of carbonyl (C=O) groups is 1. The van der Waals surface area contributed by atoms with Gasteiger partial charge in [0.1, 0.15) is 5.82 Å². The Bertz CT molecular complexity index is 342. The lowest BCUT2D eigenvalue weighted by Gasteiger charge is -2.12. The maximum atomic E-state index is 10.6. The first-order chi connectivity index (χ1) is 7.25. The van der Waals surface area contributed by atoms with Gasteiger partial charge in [0.05, 0.1) is 5.56 Å². The van der Waals surface area contributed by atoms with Crippen LogP contribution in [0.3, 0.4) is 0 Å². The lowest BCUT2D eigenvalue weighted by atomic mass is 10.2. The van der Waals surface area contributed by atoms with Crippen molar-refractivity contribution in [2.45, 2.75) is 31.7 Å². The Morgan fingerprint density at radius 3 is 2.67 bits per heavy atom. The summed E-state index contributed by atoms with van der Waals surface area (Å²) in [6, 6.07) is 3.81. The van der Waals surface area contributed by atoms with Crippen LogP contribution in [0.5, 0.6) is 0 Å². The summed E-state index contributed by atoms with van der Waals surface area (Å²) in [4.78, 5) is 14.7. The first-order valence-corrected chi connectivity index (χ1v) is 5.21. The minimum Gasteiger partial charge on any atom is -0.478 e. The van der Waals surface area contributed by atoms with E-state index in [1.165, 1.54) is 31.9 Å². The van der Waals surface area contributed by atoms with Gasteiger partial charge in [-0.05, 0) is 25.0 Å². The number of pyridine rings is 1. The molecule has 0 spiro atoms. The largest absolute Gasteiger partial charge is 0.478 e. The molecular weight excluding hydrogens is 192 g/mol. The predicted molar refractivity (Wildman–Crippen MR) is 57.1 cm³/mol. The molecule has 0 aliphatic heterocycles. The van der Waals surface area contributed by atoms with Crippen LogP contribution in [0.2, 0.25) is 0 Å². The third kappa shape index (κ3) is 2.46. The Kier molecular flexibility index (Phi) is 2.85. The minimum absolute atomic E-state index is 0.229. The topological polar surface area (TPSA) is 62.2 Å². The second-order valence-electron chi connectivity index (χ2n) is 3.86. The third-order valence-corrected chi connectivity index (χ3v) is 2.72. The second kappa shape index (κ2) is 4.29. The molecular formula is C11H14N2O2. The molecule has 1 aliphatic rings. The average molecular weight is 206 g/mol. The van der Waals surface area contributed by atoms with Gasteiger partial charge in [-0.2, -0.15) is 0 Å². The van der Waals surface area contributed by atoms with Gasteiger partial charge in [0.2, 0.25) is 0 Å². The molecule has 0 radical (unpaired) electrons. The van der Waals surface area contributed by atoms with Gasteiger partial charge in [-0.15, -0.1) is 0 Å². The van der Waals surface area contributed by atoms with Crippen LogP contribution < -0.4 is 5.32 Å². The molecule has 0 saturated heterocycles. The fraction of sp³-hybridized carbons (Fsp3) is 0.455. The van der Waals surface area contributed by atoms with Crippen molar-refractivity contribution in [1.82, 2.24) is 4.98 Å². The van der Waals surface area contributed by atoms with E-state index in [4.69, 9.17) is 5.11 Å². The van der Waals surface area contributed by atoms with Crippen molar-refractivity contribution in [2.24, 2.45) is 0 Å². The molecule has 1 heterocycles. The number of nitrogens with zero attached hydrogens (tertiary/aromatic N) is 1. The van der Waals surface area contributed by atoms with Gasteiger partial charge in [-0.1, -0.05) is 12.8 Å². The zero-order valence-corrected chi connectivity index (χ0v) is 8.44. The van der Waals surface area contributed by atoms with Crippen molar-refractivity contribution in [1.29, 1.82) is 0 Å². The quantitative estimate of drug-likeness (QED) is 0.795. The molecule has 1 aromatic rings. The van der Waals surface area contributed by atoms with Crippen LogP contribution in [0.4, 0.5) is 5.82 Å². The first kappa shape index (κ1) is 9.96. The van der Waals surface area contributed by atoms with Crippen LogP contribution in [-0.4, -0.2) is 22.1 Å². The monoisotopic (exact) mass is 206 g/mol. The number of anilines is 1. The summed E-state index contributed by atoms with van der Waals surface area (Å²) in [6.45, 7) is 0. The van der Waals surface area contributed by atoms with E-state index >= 15 is 0 Å². The summed E-state index contributed by atoms with van der Waals surface area (Å²) >= 11 is 0. The SMILES string of the molecule is O=C(O)c1ccc(NC2CCCC2)nc1. The normalized spacial score (nSPS) is 16.5. The number of aromatic nitrogens is 1. The summed E-state index contributed by atoms with van der Waals surface area (Å²) in [5.41, 5.74) is 0.229. The zero-order valence-electron chi connectivity index (χ0n) is 8.44. The van der Waals surface area contributed by atoms with E-state index in [0.717, 1.165) is 5.82 Å². The van der Waals surface area contributed by atoms with Crippen LogP contribution >= 0.6 is 0 Å². The molecule has 2 N–H and O–H groups in total. The molecule has 2 rings (SSSR count). The Morgan fingerprint density at radius 2 is 2.13 bits per heavy atom. The molecule has 4 heteroatoms. The zero-order chi connectivity index (χ0) is 10.7. The Labute approximate surface area is 88.3 Å². The number of hydrogen-bond acceptors (Lipinski definition) is 3. The van der Waals surface area contributed by atoms with Gasteiger partial charge in [0, 0.05) is 12.2 Å². The van der Waals surface area contributed by atoms with Gasteiger partial charge < -0.3 is 10.4 Å². The summed E-state index contributed by atoms with van der Waals surface area (Å²) in [5.74, 6) is -0.165. The number of carboxylic acids is 1. The molecule has 4 nitrogen and oxygen atoms in total. The van der Waals surface area contributed by atoms with E-state index in [0.29, 0.717) is 6.04 Å². The number of nitrogens with one attached hydrogen (secondary N) is 1. The summed E-state index contributed by atoms with van der Waals surface area (Å²) < 4.78 is 0. The van der Waals surface area contributed by atoms with Crippen molar-refractivity contribution >= 4 is 11.8 Å². The van der Waals surface area contributed by atoms with Gasteiger partial charge in [0.15, 0.2) is 0 Å². The summed E-state index contributed by atoms with van der Waals surface area (Å²) in [6.07, 6.45) is 6.29. The standard InChI is InChI=1S/C11H14N2O2/c14-11(15)8-5-6-10(12-7-8)13-9-3-1-2-4-9/h5-7,9H,1-4H2,(H,12,13)(H,14,15). The molecule has 1 aliphatic carbocycles. The van der Waals surface area contributed by atoms with Gasteiger partial charge >= 0.3 is 5.97 Å². The van der Waals surface area contributed by atoms with E-state index < -0.39 is 5.97 Å². The van der Waals surface area contributed by atoms with Gasteiger partial charge in [-0.3, -0.25) is 0 Å². The highest BCUT2D eigenvalue weighted by Gasteiger charge is 2.14. The number of hydrogen-bond donors (Lipinski definition) is 2. The highest BCUT2D eigenvalue weighted by Crippen LogP contribution is 2.21. The van der Waals surface area contributed by atoms with Crippen LogP contribution in [-0.2, 0) is 0 Å². The van der Waals surface area contributed by atoms with Crippen LogP contribution in [0.1, 0.15) is 36.0 Å². The molecule has 1 fully saturated rings. The van der Waals surface area contributed by atoms with Crippen LogP contribution in [0, 0.1) is 0 Å². The maximum Gasteiger partial charge on any atom is 0.337 e. The molecule has 15 heavy (non-hydrogen) atoms. The fourth-order valence-electron chi connectivity index (χ4n) is 1.89. The van der Waals surface area contributed by atoms with E-state index in [1.807, 2.05) is 0 Å².